The zero-order chi connectivity index (χ0) is 24.3. The van der Waals surface area contributed by atoms with E-state index >= 15 is 0 Å². The van der Waals surface area contributed by atoms with E-state index in [0.717, 1.165) is 0 Å². The maximum Gasteiger partial charge on any atom is 0.362 e. The molecule has 2 heterocycles. The van der Waals surface area contributed by atoms with Crippen molar-refractivity contribution >= 4 is 51.6 Å². The van der Waals surface area contributed by atoms with Gasteiger partial charge in [-0.25, -0.2) is 9.10 Å². The smallest absolute Gasteiger partial charge is 0.341 e. The second-order valence-electron chi connectivity index (χ2n) is 7.14. The fourth-order valence-corrected chi connectivity index (χ4v) is 4.19. The van der Waals surface area contributed by atoms with Crippen LogP contribution in [0.1, 0.15) is 11.6 Å². The van der Waals surface area contributed by atoms with Crippen LogP contribution in [0.15, 0.2) is 30.3 Å². The van der Waals surface area contributed by atoms with E-state index in [1.807, 2.05) is 0 Å². The molecule has 3 N–H and O–H groups in total. The van der Waals surface area contributed by atoms with E-state index in [-0.39, 0.29) is 29.8 Å². The minimum atomic E-state index is -4.74. The van der Waals surface area contributed by atoms with Gasteiger partial charge >= 0.3 is 28.1 Å². The number of nitrogens with zero attached hydrogens (tertiary/aromatic N) is 3. The van der Waals surface area contributed by atoms with Crippen molar-refractivity contribution in [1.29, 1.82) is 0 Å². The van der Waals surface area contributed by atoms with Gasteiger partial charge in [-0.2, -0.15) is 8.42 Å². The van der Waals surface area contributed by atoms with Crippen molar-refractivity contribution < 1.29 is 36.9 Å². The Bertz CT molecular complexity index is 1080. The Labute approximate surface area is 193 Å². The Morgan fingerprint density at radius 1 is 1.12 bits per heavy atom. The number of halogens is 1. The maximum atomic E-state index is 12.8. The van der Waals surface area contributed by atoms with Gasteiger partial charge in [0.2, 0.25) is 5.91 Å². The molecule has 2 aliphatic heterocycles. The molecule has 0 bridgehead atoms. The van der Waals surface area contributed by atoms with E-state index in [0.29, 0.717) is 10.5 Å². The first-order chi connectivity index (χ1) is 15.5. The van der Waals surface area contributed by atoms with Crippen LogP contribution in [0.3, 0.4) is 0 Å². The van der Waals surface area contributed by atoms with Gasteiger partial charge in [-0.05, 0) is 5.56 Å². The average Bonchev–Trinajstić information content (AvgIpc) is 2.77. The van der Waals surface area contributed by atoms with E-state index in [2.05, 4.69) is 10.6 Å². The molecule has 1 aromatic rings. The molecule has 2 unspecified atom stereocenters. The van der Waals surface area contributed by atoms with Gasteiger partial charge in [0.25, 0.3) is 5.91 Å². The minimum absolute atomic E-state index is 0.0783. The molecule has 15 heteroatoms. The fraction of sp³-hybridized carbons (Fsp3) is 0.389. The Balaban J connectivity index is 1.72. The van der Waals surface area contributed by atoms with Gasteiger partial charge in [0.05, 0.1) is 6.54 Å². The molecule has 6 amide bonds. The van der Waals surface area contributed by atoms with Crippen molar-refractivity contribution in [3.05, 3.63) is 35.9 Å². The van der Waals surface area contributed by atoms with E-state index in [1.165, 1.54) is 17.0 Å². The third kappa shape index (κ3) is 5.23. The molecule has 13 nitrogen and oxygen atoms in total. The molecule has 0 aromatic heterocycles. The van der Waals surface area contributed by atoms with Crippen molar-refractivity contribution in [2.45, 2.75) is 12.1 Å². The molecular weight excluding hydrogens is 482 g/mol. The topological polar surface area (TPSA) is 174 Å². The normalized spacial score (nSPS) is 19.8. The third-order valence-corrected chi connectivity index (χ3v) is 6.11. The highest BCUT2D eigenvalue weighted by Crippen LogP contribution is 2.18. The molecule has 178 valence electrons. The number of nitrogens with one attached hydrogen (secondary N) is 2. The van der Waals surface area contributed by atoms with E-state index < -0.39 is 58.6 Å². The number of urea groups is 1. The number of carbonyl (C=O) groups is 5. The van der Waals surface area contributed by atoms with Gasteiger partial charge in [-0.15, -0.1) is 11.6 Å². The van der Waals surface area contributed by atoms with Gasteiger partial charge in [-0.3, -0.25) is 28.6 Å². The molecule has 0 saturated carbocycles. The minimum Gasteiger partial charge on any atom is -0.341 e. The number of piperazine rings is 1. The number of hydrogen-bond acceptors (Lipinski definition) is 7. The lowest BCUT2D eigenvalue weighted by atomic mass is 10.0. The first-order valence-corrected chi connectivity index (χ1v) is 11.6. The summed E-state index contributed by atoms with van der Waals surface area (Å²) in [5.74, 6) is -3.75. The molecule has 3 rings (SSSR count). The van der Waals surface area contributed by atoms with Crippen molar-refractivity contribution in [2.75, 3.05) is 32.1 Å². The molecule has 1 aromatic carbocycles. The van der Waals surface area contributed by atoms with Gasteiger partial charge in [0.15, 0.2) is 0 Å². The Hall–Kier alpha value is -3.23. The van der Waals surface area contributed by atoms with Gasteiger partial charge in [0, 0.05) is 25.5 Å². The number of carbonyl (C=O) groups excluding carboxylic acids is 5. The van der Waals surface area contributed by atoms with Crippen LogP contribution in [0.25, 0.3) is 0 Å². The van der Waals surface area contributed by atoms with E-state index in [9.17, 15) is 32.4 Å². The van der Waals surface area contributed by atoms with Crippen molar-refractivity contribution in [2.24, 2.45) is 0 Å². The van der Waals surface area contributed by atoms with Crippen molar-refractivity contribution in [1.82, 2.24) is 24.7 Å². The molecule has 33 heavy (non-hydrogen) atoms. The summed E-state index contributed by atoms with van der Waals surface area (Å²) >= 11 is 5.60. The molecule has 0 radical (unpaired) electrons. The second kappa shape index (κ2) is 9.72. The molecule has 2 saturated heterocycles. The largest absolute Gasteiger partial charge is 0.362 e. The number of benzene rings is 1. The molecule has 0 aliphatic carbocycles. The number of alkyl halides is 1. The summed E-state index contributed by atoms with van der Waals surface area (Å²) in [5, 5.41) is 4.68. The highest BCUT2D eigenvalue weighted by molar-refractivity contribution is 7.84. The molecular formula is C18H20ClN5O8S. The number of hydrogen-bond donors (Lipinski definition) is 3. The molecule has 0 spiro atoms. The van der Waals surface area contributed by atoms with E-state index in [1.54, 1.807) is 18.2 Å². The van der Waals surface area contributed by atoms with Crippen LogP contribution in [-0.4, -0.2) is 94.8 Å². The summed E-state index contributed by atoms with van der Waals surface area (Å²) in [4.78, 5) is 63.9. The Morgan fingerprint density at radius 2 is 1.79 bits per heavy atom. The summed E-state index contributed by atoms with van der Waals surface area (Å²) in [7, 11) is -4.74. The predicted molar refractivity (Wildman–Crippen MR) is 112 cm³/mol. The Morgan fingerprint density at radius 3 is 2.36 bits per heavy atom. The SMILES string of the molecule is O=C(NC1CN(S(=O)(=O)O)C1=O)C(NC(=O)N1CCN(CCCl)C(=O)C1=O)c1ccccc1. The maximum absolute atomic E-state index is 12.8. The summed E-state index contributed by atoms with van der Waals surface area (Å²) in [5.41, 5.74) is 0.307. The number of rotatable bonds is 7. The summed E-state index contributed by atoms with van der Waals surface area (Å²) in [6.45, 7) is -0.364. The lowest BCUT2D eigenvalue weighted by Gasteiger charge is -2.36. The van der Waals surface area contributed by atoms with Gasteiger partial charge in [0.1, 0.15) is 12.1 Å². The number of imide groups is 1. The van der Waals surface area contributed by atoms with Crippen molar-refractivity contribution in [3.63, 3.8) is 0 Å². The van der Waals surface area contributed by atoms with Crippen molar-refractivity contribution in [3.8, 4) is 0 Å². The van der Waals surface area contributed by atoms with Gasteiger partial charge in [-0.1, -0.05) is 30.3 Å². The summed E-state index contributed by atoms with van der Waals surface area (Å²) < 4.78 is 31.3. The van der Waals surface area contributed by atoms with Crippen LogP contribution >= 0.6 is 11.6 Å². The third-order valence-electron chi connectivity index (χ3n) is 5.06. The monoisotopic (exact) mass is 501 g/mol. The highest BCUT2D eigenvalue weighted by Gasteiger charge is 2.45. The first-order valence-electron chi connectivity index (χ1n) is 9.66. The average molecular weight is 502 g/mol. The molecule has 2 aliphatic rings. The van der Waals surface area contributed by atoms with Crippen LogP contribution < -0.4 is 10.6 Å². The lowest BCUT2D eigenvalue weighted by Crippen LogP contribution is -2.66. The Kier molecular flexibility index (Phi) is 7.19. The highest BCUT2D eigenvalue weighted by atomic mass is 35.5. The zero-order valence-corrected chi connectivity index (χ0v) is 18.6. The lowest BCUT2D eigenvalue weighted by molar-refractivity contribution is -0.153. The van der Waals surface area contributed by atoms with Crippen LogP contribution in [0.4, 0.5) is 4.79 Å². The second-order valence-corrected chi connectivity index (χ2v) is 8.85. The standard InChI is InChI=1S/C18H20ClN5O8S/c19-6-7-22-8-9-23(17(28)16(22)27)18(29)21-13(11-4-2-1-3-5-11)14(25)20-12-10-24(15(12)26)33(30,31)32/h1-5,12-13H,6-10H2,(H,20,25)(H,21,29)(H,30,31,32). The summed E-state index contributed by atoms with van der Waals surface area (Å²) in [6.07, 6.45) is 0. The first kappa shape index (κ1) is 24.4. The fourth-order valence-electron chi connectivity index (χ4n) is 3.30. The van der Waals surface area contributed by atoms with Crippen LogP contribution in [-0.2, 0) is 29.5 Å². The zero-order valence-electron chi connectivity index (χ0n) is 17.0. The summed E-state index contributed by atoms with van der Waals surface area (Å²) in [6, 6.07) is 4.29. The number of β-lactam (4-membered cyclic amide) rings is 1. The molecule has 2 atom stereocenters. The quantitative estimate of drug-likeness (QED) is 0.175. The van der Waals surface area contributed by atoms with Crippen LogP contribution in [0.2, 0.25) is 0 Å². The van der Waals surface area contributed by atoms with Crippen LogP contribution in [0, 0.1) is 0 Å². The predicted octanol–water partition coefficient (Wildman–Crippen LogP) is -1.52. The molecule has 2 fully saturated rings. The van der Waals surface area contributed by atoms with Gasteiger partial charge < -0.3 is 15.5 Å². The van der Waals surface area contributed by atoms with E-state index in [4.69, 9.17) is 16.2 Å². The number of amides is 6. The van der Waals surface area contributed by atoms with Crippen LogP contribution in [0.5, 0.6) is 0 Å².